The molecule has 1 saturated carbocycles. The van der Waals surface area contributed by atoms with Crippen LogP contribution in [0.15, 0.2) is 0 Å². The van der Waals surface area contributed by atoms with E-state index >= 15 is 0 Å². The van der Waals surface area contributed by atoms with Crippen LogP contribution in [0.25, 0.3) is 0 Å². The number of carbonyl (C=O) groups excluding carboxylic acids is 1. The fourth-order valence-corrected chi connectivity index (χ4v) is 3.85. The average molecular weight is 207 g/mol. The van der Waals surface area contributed by atoms with E-state index in [1.54, 1.807) is 0 Å². The zero-order valence-electron chi connectivity index (χ0n) is 9.37. The molecule has 0 aromatic heterocycles. The second-order valence-corrected chi connectivity index (χ2v) is 5.71. The Bertz CT molecular complexity index is 257. The van der Waals surface area contributed by atoms with Crippen LogP contribution in [0.1, 0.15) is 51.4 Å². The Morgan fingerprint density at radius 2 is 1.93 bits per heavy atom. The van der Waals surface area contributed by atoms with Crippen LogP contribution in [-0.4, -0.2) is 17.9 Å². The average Bonchev–Trinajstić information content (AvgIpc) is 2.82. The van der Waals surface area contributed by atoms with Crippen molar-refractivity contribution in [3.05, 3.63) is 0 Å². The summed E-state index contributed by atoms with van der Waals surface area (Å²) in [6.45, 7) is 0. The normalized spacial score (nSPS) is 41.3. The Hall–Kier alpha value is -0.370. The fraction of sp³-hybridized carbons (Fsp3) is 0.923. The molecular weight excluding hydrogens is 186 g/mol. The van der Waals surface area contributed by atoms with Crippen LogP contribution in [0.2, 0.25) is 0 Å². The molecular formula is C13H21NO. The summed E-state index contributed by atoms with van der Waals surface area (Å²) in [6.07, 6.45) is 10.0. The molecule has 0 aromatic rings. The largest absolute Gasteiger partial charge is 0.310 e. The molecule has 0 amide bonds. The second kappa shape index (κ2) is 3.89. The second-order valence-electron chi connectivity index (χ2n) is 5.71. The summed E-state index contributed by atoms with van der Waals surface area (Å²) in [4.78, 5) is 12.0. The molecule has 1 aliphatic carbocycles. The van der Waals surface area contributed by atoms with Crippen LogP contribution in [-0.2, 0) is 4.79 Å². The maximum absolute atomic E-state index is 12.0. The number of hydrogen-bond donors (Lipinski definition) is 1. The predicted octanol–water partition coefficient (Wildman–Crippen LogP) is 2.28. The lowest BCUT2D eigenvalue weighted by atomic mass is 9.82. The first-order chi connectivity index (χ1) is 7.33. The summed E-state index contributed by atoms with van der Waals surface area (Å²) in [7, 11) is 0. The van der Waals surface area contributed by atoms with Gasteiger partial charge in [-0.2, -0.15) is 0 Å². The first-order valence-electron chi connectivity index (χ1n) is 6.61. The molecule has 1 N–H and O–H groups in total. The summed E-state index contributed by atoms with van der Waals surface area (Å²) >= 11 is 0. The molecule has 2 bridgehead atoms. The van der Waals surface area contributed by atoms with E-state index in [0.717, 1.165) is 12.3 Å². The van der Waals surface area contributed by atoms with Gasteiger partial charge in [0.25, 0.3) is 0 Å². The Morgan fingerprint density at radius 3 is 2.73 bits per heavy atom. The van der Waals surface area contributed by atoms with Crippen molar-refractivity contribution in [2.24, 2.45) is 11.8 Å². The van der Waals surface area contributed by atoms with Gasteiger partial charge >= 0.3 is 0 Å². The molecule has 3 unspecified atom stereocenters. The summed E-state index contributed by atoms with van der Waals surface area (Å²) in [5.41, 5.74) is 0. The molecule has 3 aliphatic rings. The van der Waals surface area contributed by atoms with Gasteiger partial charge in [-0.1, -0.05) is 25.7 Å². The Kier molecular flexibility index (Phi) is 2.55. The first kappa shape index (κ1) is 9.83. The molecule has 3 fully saturated rings. The number of Topliss-reactive ketones (excluding diaryl/α,β-unsaturated/α-hetero) is 1. The van der Waals surface area contributed by atoms with E-state index in [4.69, 9.17) is 0 Å². The smallest absolute Gasteiger partial charge is 0.139 e. The highest BCUT2D eigenvalue weighted by molar-refractivity contribution is 5.83. The summed E-state index contributed by atoms with van der Waals surface area (Å²) in [5.74, 6) is 1.79. The predicted molar refractivity (Wildman–Crippen MR) is 59.6 cm³/mol. The number of rotatable bonds is 2. The van der Waals surface area contributed by atoms with Crippen LogP contribution in [0.5, 0.6) is 0 Å². The standard InChI is InChI=1S/C13H21NO/c15-13-8-10-5-6-12(14-10)11(13)7-9-3-1-2-4-9/h9-12,14H,1-8H2. The van der Waals surface area contributed by atoms with E-state index < -0.39 is 0 Å². The van der Waals surface area contributed by atoms with E-state index in [1.807, 2.05) is 0 Å². The van der Waals surface area contributed by atoms with Gasteiger partial charge < -0.3 is 5.32 Å². The Balaban J connectivity index is 1.65. The van der Waals surface area contributed by atoms with Crippen molar-refractivity contribution in [1.29, 1.82) is 0 Å². The van der Waals surface area contributed by atoms with E-state index in [1.165, 1.54) is 44.9 Å². The zero-order chi connectivity index (χ0) is 10.3. The Labute approximate surface area is 91.8 Å². The summed E-state index contributed by atoms with van der Waals surface area (Å²) < 4.78 is 0. The van der Waals surface area contributed by atoms with Crippen LogP contribution in [0.3, 0.4) is 0 Å². The van der Waals surface area contributed by atoms with Gasteiger partial charge in [-0.15, -0.1) is 0 Å². The molecule has 2 aliphatic heterocycles. The van der Waals surface area contributed by atoms with Crippen molar-refractivity contribution in [2.45, 2.75) is 63.5 Å². The maximum atomic E-state index is 12.0. The molecule has 3 atom stereocenters. The highest BCUT2D eigenvalue weighted by atomic mass is 16.1. The van der Waals surface area contributed by atoms with Crippen molar-refractivity contribution < 1.29 is 4.79 Å². The van der Waals surface area contributed by atoms with Gasteiger partial charge in [0.15, 0.2) is 0 Å². The molecule has 0 aromatic carbocycles. The number of hydrogen-bond acceptors (Lipinski definition) is 2. The van der Waals surface area contributed by atoms with Gasteiger partial charge in [0.05, 0.1) is 0 Å². The van der Waals surface area contributed by atoms with Gasteiger partial charge in [0.1, 0.15) is 5.78 Å². The Morgan fingerprint density at radius 1 is 1.13 bits per heavy atom. The third-order valence-corrected chi connectivity index (χ3v) is 4.68. The van der Waals surface area contributed by atoms with E-state index in [-0.39, 0.29) is 0 Å². The number of carbonyl (C=O) groups is 1. The highest BCUT2D eigenvalue weighted by Crippen LogP contribution is 2.37. The van der Waals surface area contributed by atoms with Crippen molar-refractivity contribution >= 4 is 5.78 Å². The van der Waals surface area contributed by atoms with Crippen molar-refractivity contribution in [1.82, 2.24) is 5.32 Å². The van der Waals surface area contributed by atoms with Gasteiger partial charge in [-0.05, 0) is 25.2 Å². The monoisotopic (exact) mass is 207 g/mol. The molecule has 2 heteroatoms. The maximum Gasteiger partial charge on any atom is 0.139 e. The number of ketones is 1. The van der Waals surface area contributed by atoms with Crippen molar-refractivity contribution in [3.8, 4) is 0 Å². The quantitative estimate of drug-likeness (QED) is 0.752. The van der Waals surface area contributed by atoms with Crippen molar-refractivity contribution in [2.75, 3.05) is 0 Å². The molecule has 2 saturated heterocycles. The van der Waals surface area contributed by atoms with Crippen molar-refractivity contribution in [3.63, 3.8) is 0 Å². The molecule has 84 valence electrons. The van der Waals surface area contributed by atoms with E-state index in [9.17, 15) is 4.79 Å². The summed E-state index contributed by atoms with van der Waals surface area (Å²) in [6, 6.07) is 1.07. The van der Waals surface area contributed by atoms with Gasteiger partial charge in [-0.3, -0.25) is 4.79 Å². The molecule has 3 rings (SSSR count). The molecule has 2 heterocycles. The lowest BCUT2D eigenvalue weighted by molar-refractivity contribution is -0.126. The van der Waals surface area contributed by atoms with Gasteiger partial charge in [0.2, 0.25) is 0 Å². The van der Waals surface area contributed by atoms with Crippen LogP contribution >= 0.6 is 0 Å². The lowest BCUT2D eigenvalue weighted by Crippen LogP contribution is -2.46. The third kappa shape index (κ3) is 1.84. The minimum atomic E-state index is 0.367. The van der Waals surface area contributed by atoms with E-state index in [0.29, 0.717) is 23.8 Å². The molecule has 0 spiro atoms. The molecule has 2 nitrogen and oxygen atoms in total. The van der Waals surface area contributed by atoms with Crippen LogP contribution in [0.4, 0.5) is 0 Å². The third-order valence-electron chi connectivity index (χ3n) is 4.68. The first-order valence-corrected chi connectivity index (χ1v) is 6.61. The zero-order valence-corrected chi connectivity index (χ0v) is 9.37. The molecule has 15 heavy (non-hydrogen) atoms. The molecule has 0 radical (unpaired) electrons. The minimum absolute atomic E-state index is 0.367. The number of nitrogens with one attached hydrogen (secondary N) is 1. The van der Waals surface area contributed by atoms with Crippen LogP contribution < -0.4 is 5.32 Å². The minimum Gasteiger partial charge on any atom is -0.310 e. The number of piperidine rings is 1. The lowest BCUT2D eigenvalue weighted by Gasteiger charge is -2.30. The fourth-order valence-electron chi connectivity index (χ4n) is 3.85. The van der Waals surface area contributed by atoms with E-state index in [2.05, 4.69) is 5.32 Å². The van der Waals surface area contributed by atoms with Crippen LogP contribution in [0, 0.1) is 11.8 Å². The van der Waals surface area contributed by atoms with Gasteiger partial charge in [0, 0.05) is 24.4 Å². The summed E-state index contributed by atoms with van der Waals surface area (Å²) in [5, 5.41) is 3.62. The SMILES string of the molecule is O=C1CC2CCC(N2)C1CC1CCCC1. The number of fused-ring (bicyclic) bond motifs is 2. The highest BCUT2D eigenvalue weighted by Gasteiger charge is 2.41. The van der Waals surface area contributed by atoms with Gasteiger partial charge in [-0.25, -0.2) is 0 Å². The topological polar surface area (TPSA) is 29.1 Å².